The lowest BCUT2D eigenvalue weighted by Crippen LogP contribution is -2.41. The molecule has 0 unspecified atom stereocenters. The minimum absolute atomic E-state index is 0.0626. The van der Waals surface area contributed by atoms with Gasteiger partial charge in [0.1, 0.15) is 0 Å². The Hall–Kier alpha value is -2.77. The average molecular weight is 275 g/mol. The van der Waals surface area contributed by atoms with Crippen LogP contribution in [-0.4, -0.2) is 27.6 Å². The van der Waals surface area contributed by atoms with E-state index in [9.17, 15) is 14.4 Å². The molecule has 8 nitrogen and oxygen atoms in total. The monoisotopic (exact) mass is 275 g/mol. The fourth-order valence-electron chi connectivity index (χ4n) is 1.80. The van der Waals surface area contributed by atoms with Crippen LogP contribution in [0.5, 0.6) is 0 Å². The zero-order chi connectivity index (χ0) is 15.0. The van der Waals surface area contributed by atoms with Crippen molar-refractivity contribution in [2.75, 3.05) is 16.4 Å². The number of rotatable bonds is 2. The van der Waals surface area contributed by atoms with Crippen LogP contribution in [-0.2, 0) is 9.59 Å². The van der Waals surface area contributed by atoms with Gasteiger partial charge in [0.25, 0.3) is 5.91 Å². The van der Waals surface area contributed by atoms with E-state index in [0.29, 0.717) is 5.57 Å². The summed E-state index contributed by atoms with van der Waals surface area (Å²) in [5.41, 5.74) is 11.6. The molecule has 104 valence electrons. The number of nitrogens with two attached hydrogens (primary N) is 2. The molecule has 0 aliphatic carbocycles. The minimum Gasteiger partial charge on any atom is -0.382 e. The molecular weight excluding hydrogens is 262 g/mol. The molecule has 0 spiro atoms. The van der Waals surface area contributed by atoms with Crippen LogP contribution in [0.3, 0.4) is 0 Å². The fourth-order valence-corrected chi connectivity index (χ4v) is 1.80. The number of amides is 2. The van der Waals surface area contributed by atoms with Crippen LogP contribution in [0.2, 0.25) is 0 Å². The van der Waals surface area contributed by atoms with Crippen molar-refractivity contribution in [2.24, 2.45) is 0 Å². The van der Waals surface area contributed by atoms with E-state index in [0.717, 1.165) is 4.90 Å². The van der Waals surface area contributed by atoms with Crippen LogP contribution < -0.4 is 16.4 Å². The molecule has 0 aromatic carbocycles. The first-order valence-electron chi connectivity index (χ1n) is 5.81. The normalized spacial score (nSPS) is 15.3. The molecule has 1 aromatic heterocycles. The van der Waals surface area contributed by atoms with Gasteiger partial charge in [-0.25, -0.2) is 14.9 Å². The molecule has 8 heteroatoms. The minimum atomic E-state index is -0.530. The Bertz CT molecular complexity index is 665. The van der Waals surface area contributed by atoms with Gasteiger partial charge in [-0.3, -0.25) is 14.4 Å². The molecule has 0 saturated heterocycles. The maximum absolute atomic E-state index is 12.0. The number of anilines is 3. The molecule has 4 N–H and O–H groups in total. The number of hydrogen-bond donors (Lipinski definition) is 2. The van der Waals surface area contributed by atoms with E-state index in [1.807, 2.05) is 0 Å². The fraction of sp³-hybridized carbons (Fsp3) is 0.250. The first kappa shape index (κ1) is 13.7. The first-order chi connectivity index (χ1) is 9.32. The van der Waals surface area contributed by atoms with Gasteiger partial charge >= 0.3 is 0 Å². The topological polar surface area (TPSA) is 132 Å². The molecule has 20 heavy (non-hydrogen) atoms. The van der Waals surface area contributed by atoms with Crippen molar-refractivity contribution in [1.29, 1.82) is 0 Å². The van der Waals surface area contributed by atoms with E-state index in [1.54, 1.807) is 6.92 Å². The highest BCUT2D eigenvalue weighted by Crippen LogP contribution is 2.26. The molecule has 2 heterocycles. The van der Waals surface area contributed by atoms with Crippen LogP contribution in [0.25, 0.3) is 0 Å². The van der Waals surface area contributed by atoms with Crippen LogP contribution in [0, 0.1) is 0 Å². The molecule has 0 radical (unpaired) electrons. The summed E-state index contributed by atoms with van der Waals surface area (Å²) < 4.78 is 0. The number of hydrogen-bond acceptors (Lipinski definition) is 7. The number of ketones is 1. The summed E-state index contributed by atoms with van der Waals surface area (Å²) in [4.78, 5) is 43.7. The molecule has 0 saturated carbocycles. The average Bonchev–Trinajstić information content (AvgIpc) is 2.37. The summed E-state index contributed by atoms with van der Waals surface area (Å²) in [5, 5.41) is 0. The number of carbonyl (C=O) groups excluding carboxylic acids is 3. The predicted octanol–water partition coefficient (Wildman–Crippen LogP) is 0.0532. The molecule has 1 aliphatic heterocycles. The Morgan fingerprint density at radius 1 is 1.25 bits per heavy atom. The number of nitrogens with zero attached hydrogens (tertiary/aromatic N) is 3. The van der Waals surface area contributed by atoms with E-state index in [2.05, 4.69) is 9.97 Å². The highest BCUT2D eigenvalue weighted by molar-refractivity contribution is 6.23. The summed E-state index contributed by atoms with van der Waals surface area (Å²) in [5.74, 6) is -1.92. The third-order valence-corrected chi connectivity index (χ3v) is 2.85. The summed E-state index contributed by atoms with van der Waals surface area (Å²) in [6.07, 6.45) is 1.59. The van der Waals surface area contributed by atoms with E-state index in [1.165, 1.54) is 13.0 Å². The quantitative estimate of drug-likeness (QED) is 0.575. The third kappa shape index (κ3) is 2.11. The Balaban J connectivity index is 2.56. The van der Waals surface area contributed by atoms with Gasteiger partial charge in [0.2, 0.25) is 5.91 Å². The lowest BCUT2D eigenvalue weighted by molar-refractivity contribution is -0.125. The summed E-state index contributed by atoms with van der Waals surface area (Å²) >= 11 is 0. The highest BCUT2D eigenvalue weighted by Gasteiger charge is 2.31. The molecule has 0 bridgehead atoms. The van der Waals surface area contributed by atoms with Gasteiger partial charge in [-0.15, -0.1) is 0 Å². The number of aromatic nitrogens is 2. The maximum atomic E-state index is 12.0. The van der Waals surface area contributed by atoms with Gasteiger partial charge in [0, 0.05) is 18.9 Å². The third-order valence-electron chi connectivity index (χ3n) is 2.85. The van der Waals surface area contributed by atoms with Crippen molar-refractivity contribution in [1.82, 2.24) is 9.97 Å². The van der Waals surface area contributed by atoms with Gasteiger partial charge in [0.15, 0.2) is 28.9 Å². The number of imide groups is 1. The second-order valence-electron chi connectivity index (χ2n) is 4.35. The molecule has 1 aliphatic rings. The Kier molecular flexibility index (Phi) is 3.23. The summed E-state index contributed by atoms with van der Waals surface area (Å²) in [6.45, 7) is 2.85. The van der Waals surface area contributed by atoms with Gasteiger partial charge < -0.3 is 11.5 Å². The zero-order valence-corrected chi connectivity index (χ0v) is 11.0. The largest absolute Gasteiger partial charge is 0.382 e. The van der Waals surface area contributed by atoms with Crippen molar-refractivity contribution < 1.29 is 14.4 Å². The molecule has 0 atom stereocenters. The van der Waals surface area contributed by atoms with Crippen LogP contribution in [0.15, 0.2) is 11.6 Å². The van der Waals surface area contributed by atoms with Gasteiger partial charge in [-0.05, 0) is 6.92 Å². The van der Waals surface area contributed by atoms with Crippen molar-refractivity contribution in [3.63, 3.8) is 0 Å². The number of nitrogen functional groups attached to an aromatic ring is 2. The van der Waals surface area contributed by atoms with Crippen molar-refractivity contribution in [2.45, 2.75) is 20.3 Å². The van der Waals surface area contributed by atoms with E-state index < -0.39 is 17.6 Å². The van der Waals surface area contributed by atoms with Crippen LogP contribution >= 0.6 is 0 Å². The van der Waals surface area contributed by atoms with Crippen LogP contribution in [0.1, 0.15) is 30.8 Å². The smallest absolute Gasteiger partial charge is 0.261 e. The molecular formula is C12H13N5O3. The van der Waals surface area contributed by atoms with Crippen molar-refractivity contribution in [3.8, 4) is 0 Å². The summed E-state index contributed by atoms with van der Waals surface area (Å²) in [7, 11) is 0. The van der Waals surface area contributed by atoms with Gasteiger partial charge in [-0.1, -0.05) is 6.08 Å². The Labute approximate surface area is 114 Å². The molecule has 2 rings (SSSR count). The lowest BCUT2D eigenvalue weighted by atomic mass is 10.1. The van der Waals surface area contributed by atoms with E-state index in [4.69, 9.17) is 11.5 Å². The summed E-state index contributed by atoms with van der Waals surface area (Å²) in [6, 6.07) is 0. The maximum Gasteiger partial charge on any atom is 0.261 e. The van der Waals surface area contributed by atoms with Gasteiger partial charge in [-0.2, -0.15) is 0 Å². The first-order valence-corrected chi connectivity index (χ1v) is 5.81. The number of carbonyl (C=O) groups is 3. The Morgan fingerprint density at radius 3 is 2.50 bits per heavy atom. The van der Waals surface area contributed by atoms with Gasteiger partial charge in [0.05, 0.1) is 0 Å². The SMILES string of the molecule is CC(=O)c1nc(N)c(N2C(=O)CC=C(C)C2=O)nc1N. The highest BCUT2D eigenvalue weighted by atomic mass is 16.2. The predicted molar refractivity (Wildman–Crippen MR) is 71.7 cm³/mol. The molecule has 0 fully saturated rings. The lowest BCUT2D eigenvalue weighted by Gasteiger charge is -2.24. The Morgan fingerprint density at radius 2 is 1.90 bits per heavy atom. The standard InChI is InChI=1S/C12H13N5O3/c1-5-3-4-7(19)17(12(5)20)11-10(14)15-8(6(2)18)9(13)16-11/h3H,4H2,1-2H3,(H2,13,16)(H2,14,15). The van der Waals surface area contributed by atoms with E-state index >= 15 is 0 Å². The molecule has 2 amide bonds. The van der Waals surface area contributed by atoms with Crippen molar-refractivity contribution in [3.05, 3.63) is 17.3 Å². The molecule has 1 aromatic rings. The zero-order valence-electron chi connectivity index (χ0n) is 11.0. The second-order valence-corrected chi connectivity index (χ2v) is 4.35. The number of Topliss-reactive ketones (excluding diaryl/α,β-unsaturated/α-hetero) is 1. The van der Waals surface area contributed by atoms with Crippen LogP contribution in [0.4, 0.5) is 17.5 Å². The van der Waals surface area contributed by atoms with E-state index in [-0.39, 0.29) is 29.6 Å². The second kappa shape index (κ2) is 4.72. The van der Waals surface area contributed by atoms with Crippen molar-refractivity contribution >= 4 is 35.1 Å².